The van der Waals surface area contributed by atoms with E-state index < -0.39 is 0 Å². The number of halogens is 1. The number of morpholine rings is 1. The number of hydrogen-bond donors (Lipinski definition) is 1. The lowest BCUT2D eigenvalue weighted by molar-refractivity contribution is -0.110. The Morgan fingerprint density at radius 1 is 1.08 bits per heavy atom. The van der Waals surface area contributed by atoms with Crippen molar-refractivity contribution < 1.29 is 9.53 Å². The number of nitrogens with zero attached hydrogens (tertiary/aromatic N) is 1. The molecule has 4 nitrogen and oxygen atoms in total. The maximum absolute atomic E-state index is 12.2. The van der Waals surface area contributed by atoms with E-state index in [4.69, 9.17) is 4.74 Å². The summed E-state index contributed by atoms with van der Waals surface area (Å²) in [5.74, 6) is -0.0552. The number of carbonyl (C=O) groups excluding carboxylic acids is 1. The molecular formula is C19H17BrN2O2. The van der Waals surface area contributed by atoms with E-state index in [9.17, 15) is 4.79 Å². The summed E-state index contributed by atoms with van der Waals surface area (Å²) in [6.45, 7) is 3.39. The van der Waals surface area contributed by atoms with Gasteiger partial charge in [-0.2, -0.15) is 0 Å². The van der Waals surface area contributed by atoms with Crippen molar-refractivity contribution in [1.29, 1.82) is 0 Å². The van der Waals surface area contributed by atoms with Gasteiger partial charge in [-0.25, -0.2) is 0 Å². The maximum Gasteiger partial charge on any atom is 0.256 e. The van der Waals surface area contributed by atoms with Gasteiger partial charge in [0.1, 0.15) is 0 Å². The molecule has 0 aromatic heterocycles. The van der Waals surface area contributed by atoms with Crippen LogP contribution < -0.4 is 10.2 Å². The topological polar surface area (TPSA) is 41.6 Å². The third-order valence-electron chi connectivity index (χ3n) is 4.34. The van der Waals surface area contributed by atoms with Gasteiger partial charge < -0.3 is 15.0 Å². The van der Waals surface area contributed by atoms with Gasteiger partial charge in [-0.05, 0) is 42.0 Å². The average molecular weight is 385 g/mol. The molecule has 0 spiro atoms. The van der Waals surface area contributed by atoms with Gasteiger partial charge in [-0.15, -0.1) is 0 Å². The summed E-state index contributed by atoms with van der Waals surface area (Å²) in [6.07, 6.45) is 1.94. The number of fused-ring (bicyclic) bond motifs is 1. The Hall–Kier alpha value is -2.11. The van der Waals surface area contributed by atoms with Crippen molar-refractivity contribution in [1.82, 2.24) is 0 Å². The quantitative estimate of drug-likeness (QED) is 0.801. The zero-order valence-electron chi connectivity index (χ0n) is 13.1. The molecule has 24 heavy (non-hydrogen) atoms. The second-order valence-corrected chi connectivity index (χ2v) is 6.81. The smallest absolute Gasteiger partial charge is 0.256 e. The van der Waals surface area contributed by atoms with E-state index in [-0.39, 0.29) is 5.91 Å². The Morgan fingerprint density at radius 2 is 1.83 bits per heavy atom. The van der Waals surface area contributed by atoms with Gasteiger partial charge in [0.2, 0.25) is 0 Å². The molecule has 0 unspecified atom stereocenters. The largest absolute Gasteiger partial charge is 0.378 e. The normalized spacial score (nSPS) is 18.6. The molecule has 1 N–H and O–H groups in total. The fourth-order valence-electron chi connectivity index (χ4n) is 3.07. The lowest BCUT2D eigenvalue weighted by Gasteiger charge is -2.28. The van der Waals surface area contributed by atoms with Gasteiger partial charge in [0.15, 0.2) is 0 Å². The Bertz CT molecular complexity index is 809. The number of carbonyl (C=O) groups is 1. The molecule has 2 heterocycles. The first-order valence-corrected chi connectivity index (χ1v) is 8.76. The predicted octanol–water partition coefficient (Wildman–Crippen LogP) is 3.78. The number of hydrogen-bond acceptors (Lipinski definition) is 3. The summed E-state index contributed by atoms with van der Waals surface area (Å²) < 4.78 is 6.35. The summed E-state index contributed by atoms with van der Waals surface area (Å²) in [6, 6.07) is 14.1. The van der Waals surface area contributed by atoms with Crippen LogP contribution >= 0.6 is 15.9 Å². The van der Waals surface area contributed by atoms with Crippen molar-refractivity contribution in [3.63, 3.8) is 0 Å². The van der Waals surface area contributed by atoms with Crippen LogP contribution in [-0.4, -0.2) is 32.2 Å². The lowest BCUT2D eigenvalue weighted by Crippen LogP contribution is -2.36. The van der Waals surface area contributed by atoms with E-state index in [0.717, 1.165) is 47.6 Å². The molecular weight excluding hydrogens is 368 g/mol. The zero-order valence-corrected chi connectivity index (χ0v) is 14.7. The van der Waals surface area contributed by atoms with Gasteiger partial charge in [-0.3, -0.25) is 4.79 Å². The van der Waals surface area contributed by atoms with Crippen LogP contribution in [0.25, 0.3) is 11.6 Å². The molecule has 5 heteroatoms. The summed E-state index contributed by atoms with van der Waals surface area (Å²) in [7, 11) is 0. The maximum atomic E-state index is 12.2. The number of rotatable bonds is 2. The third-order valence-corrected chi connectivity index (χ3v) is 4.84. The summed E-state index contributed by atoms with van der Waals surface area (Å²) in [4.78, 5) is 14.6. The Balaban J connectivity index is 1.62. The third kappa shape index (κ3) is 2.97. The molecule has 0 atom stereocenters. The highest BCUT2D eigenvalue weighted by atomic mass is 79.9. The van der Waals surface area contributed by atoms with E-state index in [1.807, 2.05) is 24.3 Å². The molecule has 2 aliphatic rings. The van der Waals surface area contributed by atoms with E-state index in [2.05, 4.69) is 50.4 Å². The minimum absolute atomic E-state index is 0.0552. The van der Waals surface area contributed by atoms with E-state index in [1.165, 1.54) is 5.69 Å². The lowest BCUT2D eigenvalue weighted by atomic mass is 10.0. The van der Waals surface area contributed by atoms with Crippen molar-refractivity contribution in [2.45, 2.75) is 0 Å². The Kier molecular flexibility index (Phi) is 4.12. The van der Waals surface area contributed by atoms with Crippen LogP contribution in [-0.2, 0) is 9.53 Å². The van der Waals surface area contributed by atoms with Crippen LogP contribution in [0, 0.1) is 0 Å². The van der Waals surface area contributed by atoms with E-state index in [0.29, 0.717) is 5.57 Å². The summed E-state index contributed by atoms with van der Waals surface area (Å²) >= 11 is 3.47. The Labute approximate surface area is 149 Å². The Morgan fingerprint density at radius 3 is 2.58 bits per heavy atom. The minimum atomic E-state index is -0.0552. The predicted molar refractivity (Wildman–Crippen MR) is 100 cm³/mol. The molecule has 2 aliphatic heterocycles. The van der Waals surface area contributed by atoms with Crippen molar-refractivity contribution in [3.05, 3.63) is 58.1 Å². The van der Waals surface area contributed by atoms with Gasteiger partial charge in [0.25, 0.3) is 5.91 Å². The molecule has 1 saturated heterocycles. The van der Waals surface area contributed by atoms with E-state index >= 15 is 0 Å². The second-order valence-electron chi connectivity index (χ2n) is 5.89. The number of amides is 1. The first kappa shape index (κ1) is 15.4. The van der Waals surface area contributed by atoms with Crippen molar-refractivity contribution in [2.75, 3.05) is 36.5 Å². The second kappa shape index (κ2) is 6.42. The first-order valence-electron chi connectivity index (χ1n) is 7.96. The summed E-state index contributed by atoms with van der Waals surface area (Å²) in [5.41, 5.74) is 4.71. The fraction of sp³-hybridized carbons (Fsp3) is 0.211. The fourth-order valence-corrected chi connectivity index (χ4v) is 3.43. The molecule has 122 valence electrons. The van der Waals surface area contributed by atoms with Gasteiger partial charge in [0, 0.05) is 40.1 Å². The van der Waals surface area contributed by atoms with Crippen LogP contribution in [0.1, 0.15) is 11.1 Å². The molecule has 0 saturated carbocycles. The van der Waals surface area contributed by atoms with E-state index in [1.54, 1.807) is 0 Å². The molecule has 0 aliphatic carbocycles. The molecule has 1 amide bonds. The molecule has 4 rings (SSSR count). The number of benzene rings is 2. The van der Waals surface area contributed by atoms with Crippen molar-refractivity contribution in [3.8, 4) is 0 Å². The highest BCUT2D eigenvalue weighted by Gasteiger charge is 2.24. The standard InChI is InChI=1S/C19H17BrN2O2/c20-14-3-6-18-16(12-14)17(19(23)21-18)11-13-1-4-15(5-2-13)22-7-9-24-10-8-22/h1-6,11-12H,7-10H2,(H,21,23). The van der Waals surface area contributed by atoms with Gasteiger partial charge in [0.05, 0.1) is 13.2 Å². The molecule has 0 radical (unpaired) electrons. The molecule has 2 aromatic carbocycles. The van der Waals surface area contributed by atoms with Gasteiger partial charge >= 0.3 is 0 Å². The first-order chi connectivity index (χ1) is 11.7. The van der Waals surface area contributed by atoms with Gasteiger partial charge in [-0.1, -0.05) is 28.1 Å². The van der Waals surface area contributed by atoms with Crippen LogP contribution in [0.5, 0.6) is 0 Å². The SMILES string of the molecule is O=C1Nc2ccc(Br)cc2C1=Cc1ccc(N2CCOCC2)cc1. The monoisotopic (exact) mass is 384 g/mol. The highest BCUT2D eigenvalue weighted by molar-refractivity contribution is 9.10. The van der Waals surface area contributed by atoms with Crippen molar-refractivity contribution >= 4 is 44.9 Å². The minimum Gasteiger partial charge on any atom is -0.378 e. The number of anilines is 2. The highest BCUT2D eigenvalue weighted by Crippen LogP contribution is 2.35. The average Bonchev–Trinajstić information content (AvgIpc) is 2.92. The zero-order chi connectivity index (χ0) is 16.5. The van der Waals surface area contributed by atoms with Crippen molar-refractivity contribution in [2.24, 2.45) is 0 Å². The molecule has 2 aromatic rings. The van der Waals surface area contributed by atoms with Crippen LogP contribution in [0.15, 0.2) is 46.9 Å². The van der Waals surface area contributed by atoms with Crippen LogP contribution in [0.2, 0.25) is 0 Å². The number of ether oxygens (including phenoxy) is 1. The van der Waals surface area contributed by atoms with Crippen LogP contribution in [0.4, 0.5) is 11.4 Å². The molecule has 1 fully saturated rings. The summed E-state index contributed by atoms with van der Waals surface area (Å²) in [5, 5.41) is 2.91. The molecule has 0 bridgehead atoms. The van der Waals surface area contributed by atoms with Crippen LogP contribution in [0.3, 0.4) is 0 Å². The number of nitrogens with one attached hydrogen (secondary N) is 1.